The summed E-state index contributed by atoms with van der Waals surface area (Å²) in [6.45, 7) is 0.233. The molecule has 0 amide bonds. The molecule has 1 atom stereocenters. The second-order valence-corrected chi connectivity index (χ2v) is 8.13. The first kappa shape index (κ1) is 22.7. The summed E-state index contributed by atoms with van der Waals surface area (Å²) in [4.78, 5) is 8.86. The lowest BCUT2D eigenvalue weighted by molar-refractivity contribution is 0.296. The van der Waals surface area contributed by atoms with Crippen LogP contribution in [0.15, 0.2) is 51.9 Å². The lowest BCUT2D eigenvalue weighted by Crippen LogP contribution is -2.32. The summed E-state index contributed by atoms with van der Waals surface area (Å²) >= 11 is 3.43. The van der Waals surface area contributed by atoms with Crippen LogP contribution >= 0.6 is 15.9 Å². The maximum atomic E-state index is 9.51. The van der Waals surface area contributed by atoms with E-state index in [1.54, 1.807) is 13.2 Å². The van der Waals surface area contributed by atoms with E-state index < -0.39 is 6.04 Å². The number of anilines is 3. The second kappa shape index (κ2) is 9.57. The highest BCUT2D eigenvalue weighted by atomic mass is 79.9. The monoisotopic (exact) mass is 518 g/mol. The van der Waals surface area contributed by atoms with E-state index >= 15 is 0 Å². The number of guanidine groups is 1. The number of nitrogens with one attached hydrogen (secondary N) is 2. The fourth-order valence-electron chi connectivity index (χ4n) is 3.62. The molecule has 4 rings (SSSR count). The lowest BCUT2D eigenvalue weighted by Gasteiger charge is -2.26. The molecule has 0 bridgehead atoms. The number of methoxy groups -OCH3 is 1. The van der Waals surface area contributed by atoms with Gasteiger partial charge in [0, 0.05) is 15.6 Å². The Hall–Kier alpha value is -4.48. The summed E-state index contributed by atoms with van der Waals surface area (Å²) in [5.41, 5.74) is 14.5. The van der Waals surface area contributed by atoms with E-state index in [9.17, 15) is 5.26 Å². The Morgan fingerprint density at radius 1 is 1.21 bits per heavy atom. The highest BCUT2D eigenvalue weighted by Crippen LogP contribution is 2.41. The fraction of sp³-hybridized carbons (Fsp3) is 0.130. The number of aliphatic imine (C=N–C) groups is 1. The van der Waals surface area contributed by atoms with Crippen LogP contribution in [0.2, 0.25) is 0 Å². The molecule has 0 fully saturated rings. The zero-order chi connectivity index (χ0) is 24.2. The van der Waals surface area contributed by atoms with Crippen molar-refractivity contribution in [2.75, 3.05) is 23.9 Å². The number of benzene rings is 2. The molecule has 1 aromatic heterocycles. The van der Waals surface area contributed by atoms with Gasteiger partial charge in [-0.2, -0.15) is 10.5 Å². The van der Waals surface area contributed by atoms with E-state index in [0.29, 0.717) is 22.9 Å². The minimum Gasteiger partial charge on any atom is -0.496 e. The van der Waals surface area contributed by atoms with E-state index in [0.717, 1.165) is 15.6 Å². The predicted molar refractivity (Wildman–Crippen MR) is 131 cm³/mol. The van der Waals surface area contributed by atoms with Crippen molar-refractivity contribution >= 4 is 39.2 Å². The molecule has 0 aliphatic carbocycles. The summed E-state index contributed by atoms with van der Waals surface area (Å²) in [7, 11) is 1.58. The van der Waals surface area contributed by atoms with Gasteiger partial charge < -0.3 is 26.3 Å². The number of fused-ring (bicyclic) bond motifs is 1. The largest absolute Gasteiger partial charge is 0.496 e. The summed E-state index contributed by atoms with van der Waals surface area (Å²) in [6, 6.07) is 14.4. The number of aromatic nitrogens is 1. The van der Waals surface area contributed by atoms with Crippen LogP contribution in [-0.4, -0.2) is 18.1 Å². The maximum Gasteiger partial charge on any atom is 0.211 e. The Balaban J connectivity index is 1.78. The number of hydrogen-bond acceptors (Lipinski definition) is 10. The third kappa shape index (κ3) is 4.37. The van der Waals surface area contributed by atoms with Crippen LogP contribution in [-0.2, 0) is 6.61 Å². The Labute approximate surface area is 204 Å². The summed E-state index contributed by atoms with van der Waals surface area (Å²) in [5, 5.41) is 24.0. The van der Waals surface area contributed by atoms with Crippen molar-refractivity contribution in [3.05, 3.63) is 69.2 Å². The van der Waals surface area contributed by atoms with Crippen LogP contribution in [0.1, 0.15) is 28.3 Å². The van der Waals surface area contributed by atoms with Gasteiger partial charge in [0.05, 0.1) is 12.8 Å². The first-order valence-corrected chi connectivity index (χ1v) is 10.8. The standard InChI is InChI=1S/C23H19BrN8O2/c1-33-17-6-5-12(7-13(17)10-34-15-4-2-3-14(24)8-15)20-18-19(27)16(9-25)21(28)31-22(18)32-23(30-20)29-11-26/h2-8,20H,10H2,1H3,(H6,27,28,29,30,31,32). The van der Waals surface area contributed by atoms with Gasteiger partial charge in [-0.1, -0.05) is 28.1 Å². The van der Waals surface area contributed by atoms with E-state index in [2.05, 4.69) is 36.5 Å². The third-order valence-corrected chi connectivity index (χ3v) is 5.66. The van der Waals surface area contributed by atoms with Crippen LogP contribution in [0.5, 0.6) is 11.5 Å². The smallest absolute Gasteiger partial charge is 0.211 e. The summed E-state index contributed by atoms with van der Waals surface area (Å²) in [6.07, 6.45) is 1.83. The van der Waals surface area contributed by atoms with Gasteiger partial charge in [0.2, 0.25) is 5.96 Å². The molecule has 2 aromatic carbocycles. The van der Waals surface area contributed by atoms with Crippen LogP contribution in [0.3, 0.4) is 0 Å². The minimum absolute atomic E-state index is 0.0129. The zero-order valence-electron chi connectivity index (χ0n) is 18.0. The highest BCUT2D eigenvalue weighted by molar-refractivity contribution is 9.10. The van der Waals surface area contributed by atoms with E-state index in [-0.39, 0.29) is 29.6 Å². The van der Waals surface area contributed by atoms with Crippen molar-refractivity contribution in [1.29, 1.82) is 10.5 Å². The number of pyridine rings is 1. The van der Waals surface area contributed by atoms with Crippen molar-refractivity contribution in [1.82, 2.24) is 10.3 Å². The van der Waals surface area contributed by atoms with Gasteiger partial charge in [0.15, 0.2) is 6.19 Å². The lowest BCUT2D eigenvalue weighted by atomic mass is 9.94. The molecule has 0 saturated carbocycles. The molecule has 10 nitrogen and oxygen atoms in total. The summed E-state index contributed by atoms with van der Waals surface area (Å²) < 4.78 is 12.4. The van der Waals surface area contributed by atoms with Crippen LogP contribution in [0.4, 0.5) is 17.3 Å². The molecule has 1 aliphatic heterocycles. The van der Waals surface area contributed by atoms with Crippen LogP contribution < -0.4 is 31.6 Å². The number of nitrogens with two attached hydrogens (primary N) is 2. The van der Waals surface area contributed by atoms with Gasteiger partial charge in [-0.05, 0) is 35.9 Å². The molecular weight excluding hydrogens is 500 g/mol. The normalized spacial score (nSPS) is 14.0. The molecule has 0 saturated heterocycles. The van der Waals surface area contributed by atoms with Crippen LogP contribution in [0.25, 0.3) is 0 Å². The molecular formula is C23H19BrN8O2. The number of nitrogens with zero attached hydrogens (tertiary/aromatic N) is 4. The quantitative estimate of drug-likeness (QED) is 0.292. The van der Waals surface area contributed by atoms with Crippen molar-refractivity contribution < 1.29 is 9.47 Å². The topological polar surface area (TPSA) is 167 Å². The summed E-state index contributed by atoms with van der Waals surface area (Å²) in [5.74, 6) is 1.80. The minimum atomic E-state index is -0.664. The number of rotatable bonds is 5. The molecule has 6 N–H and O–H groups in total. The number of nitriles is 2. The average Bonchev–Trinajstić information content (AvgIpc) is 2.82. The van der Waals surface area contributed by atoms with E-state index in [4.69, 9.17) is 26.2 Å². The van der Waals surface area contributed by atoms with Gasteiger partial charge in [-0.25, -0.2) is 9.98 Å². The molecule has 2 heterocycles. The van der Waals surface area contributed by atoms with Crippen molar-refractivity contribution in [3.8, 4) is 23.8 Å². The zero-order valence-corrected chi connectivity index (χ0v) is 19.5. The highest BCUT2D eigenvalue weighted by Gasteiger charge is 2.30. The Kier molecular flexibility index (Phi) is 6.39. The molecule has 3 aromatic rings. The van der Waals surface area contributed by atoms with Crippen LogP contribution in [0, 0.1) is 22.8 Å². The molecule has 0 spiro atoms. The number of hydrogen-bond donors (Lipinski definition) is 4. The van der Waals surface area contributed by atoms with E-state index in [1.807, 2.05) is 48.7 Å². The second-order valence-electron chi connectivity index (χ2n) is 7.22. The number of ether oxygens (including phenoxy) is 2. The Morgan fingerprint density at radius 2 is 2.03 bits per heavy atom. The van der Waals surface area contributed by atoms with E-state index in [1.165, 1.54) is 0 Å². The molecule has 0 radical (unpaired) electrons. The van der Waals surface area contributed by atoms with Gasteiger partial charge in [-0.3, -0.25) is 5.32 Å². The third-order valence-electron chi connectivity index (χ3n) is 5.17. The molecule has 34 heavy (non-hydrogen) atoms. The number of halogens is 1. The average molecular weight is 519 g/mol. The van der Waals surface area contributed by atoms with Gasteiger partial charge in [0.1, 0.15) is 47.4 Å². The fourth-order valence-corrected chi connectivity index (χ4v) is 4.00. The van der Waals surface area contributed by atoms with Gasteiger partial charge in [0.25, 0.3) is 0 Å². The molecule has 1 unspecified atom stereocenters. The van der Waals surface area contributed by atoms with Crippen molar-refractivity contribution in [2.45, 2.75) is 12.6 Å². The van der Waals surface area contributed by atoms with Gasteiger partial charge >= 0.3 is 0 Å². The van der Waals surface area contributed by atoms with Gasteiger partial charge in [-0.15, -0.1) is 0 Å². The predicted octanol–water partition coefficient (Wildman–Crippen LogP) is 3.41. The molecule has 1 aliphatic rings. The molecule has 11 heteroatoms. The van der Waals surface area contributed by atoms with Crippen molar-refractivity contribution in [2.24, 2.45) is 4.99 Å². The van der Waals surface area contributed by atoms with Crippen molar-refractivity contribution in [3.63, 3.8) is 0 Å². The first-order chi connectivity index (χ1) is 16.4. The molecule has 170 valence electrons. The maximum absolute atomic E-state index is 9.51. The first-order valence-electron chi connectivity index (χ1n) is 9.99. The number of nitrogen functional groups attached to an aromatic ring is 2. The Bertz CT molecular complexity index is 1380. The Morgan fingerprint density at radius 3 is 2.74 bits per heavy atom. The SMILES string of the molecule is COc1ccc(C2N=C(NC#N)Nc3nc(N)c(C#N)c(N)c32)cc1COc1cccc(Br)c1.